The minimum absolute atomic E-state index is 0.189. The van der Waals surface area contributed by atoms with E-state index in [4.69, 9.17) is 9.78 Å². The highest BCUT2D eigenvalue weighted by atomic mass is 19.2. The second kappa shape index (κ2) is 8.09. The fraction of sp³-hybridized carbons (Fsp3) is 0.235. The lowest BCUT2D eigenvalue weighted by Crippen LogP contribution is -2.41. The number of nitrogens with zero attached hydrogens (tertiary/aromatic N) is 1. The Hall–Kier alpha value is -2.76. The molecule has 0 spiro atoms. The molecule has 1 N–H and O–H groups in total. The van der Waals surface area contributed by atoms with E-state index < -0.39 is 40.8 Å². The number of anilines is 1. The Bertz CT molecular complexity index is 890. The third-order valence-corrected chi connectivity index (χ3v) is 3.94. The number of rotatable bonds is 4. The SMILES string of the molecule is CCc1ccc(C(=O)Oc2c(F)c(F)c(F)c(F)c2F)cc1N1CCONO1. The molecule has 0 aliphatic carbocycles. The van der Waals surface area contributed by atoms with E-state index in [-0.39, 0.29) is 12.2 Å². The maximum absolute atomic E-state index is 13.7. The second-order valence-corrected chi connectivity index (χ2v) is 5.61. The fourth-order valence-electron chi connectivity index (χ4n) is 2.50. The maximum atomic E-state index is 13.7. The molecule has 11 heteroatoms. The Kier molecular flexibility index (Phi) is 5.77. The average Bonchev–Trinajstić information content (AvgIpc) is 2.74. The van der Waals surface area contributed by atoms with Gasteiger partial charge in [0.1, 0.15) is 0 Å². The van der Waals surface area contributed by atoms with E-state index in [0.29, 0.717) is 18.7 Å². The molecule has 1 heterocycles. The third-order valence-electron chi connectivity index (χ3n) is 3.94. The van der Waals surface area contributed by atoms with E-state index in [2.05, 4.69) is 10.4 Å². The van der Waals surface area contributed by atoms with Gasteiger partial charge in [-0.3, -0.25) is 4.84 Å². The predicted molar refractivity (Wildman–Crippen MR) is 84.5 cm³/mol. The van der Waals surface area contributed by atoms with Gasteiger partial charge in [0.15, 0.2) is 0 Å². The summed E-state index contributed by atoms with van der Waals surface area (Å²) < 4.78 is 71.5. The summed E-state index contributed by atoms with van der Waals surface area (Å²) in [7, 11) is 0. The number of carbonyl (C=O) groups is 1. The van der Waals surface area contributed by atoms with E-state index in [1.165, 1.54) is 17.2 Å². The molecule has 1 saturated heterocycles. The Labute approximate surface area is 155 Å². The molecule has 0 bridgehead atoms. The summed E-state index contributed by atoms with van der Waals surface area (Å²) in [4.78, 5) is 22.2. The molecule has 1 fully saturated rings. The number of esters is 1. The number of aryl methyl sites for hydroxylation is 1. The van der Waals surface area contributed by atoms with Crippen LogP contribution in [0.25, 0.3) is 0 Å². The van der Waals surface area contributed by atoms with Crippen molar-refractivity contribution in [3.63, 3.8) is 0 Å². The average molecular weight is 404 g/mol. The number of nitrogens with one attached hydrogen (secondary N) is 1. The quantitative estimate of drug-likeness (QED) is 0.277. The molecule has 0 aromatic heterocycles. The lowest BCUT2D eigenvalue weighted by atomic mass is 10.1. The molecule has 0 atom stereocenters. The first kappa shape index (κ1) is 20.0. The van der Waals surface area contributed by atoms with Gasteiger partial charge in [-0.15, -0.1) is 0 Å². The topological polar surface area (TPSA) is 60.0 Å². The van der Waals surface area contributed by atoms with Crippen molar-refractivity contribution in [1.82, 2.24) is 5.64 Å². The van der Waals surface area contributed by atoms with Crippen molar-refractivity contribution in [3.05, 3.63) is 58.4 Å². The van der Waals surface area contributed by atoms with Gasteiger partial charge < -0.3 is 4.74 Å². The summed E-state index contributed by atoms with van der Waals surface area (Å²) in [5.41, 5.74) is 3.20. The molecule has 0 unspecified atom stereocenters. The van der Waals surface area contributed by atoms with Crippen LogP contribution in [-0.2, 0) is 16.2 Å². The smallest absolute Gasteiger partial charge is 0.343 e. The van der Waals surface area contributed by atoms with E-state index in [1.54, 1.807) is 6.07 Å². The zero-order valence-corrected chi connectivity index (χ0v) is 14.3. The minimum Gasteiger partial charge on any atom is -0.416 e. The van der Waals surface area contributed by atoms with Gasteiger partial charge in [0.2, 0.25) is 34.8 Å². The molecule has 1 aliphatic rings. The molecular weight excluding hydrogens is 391 g/mol. The van der Waals surface area contributed by atoms with Gasteiger partial charge in [0, 0.05) is 0 Å². The van der Waals surface area contributed by atoms with E-state index in [0.717, 1.165) is 5.56 Å². The highest BCUT2D eigenvalue weighted by Gasteiger charge is 2.29. The van der Waals surface area contributed by atoms with Gasteiger partial charge in [0.25, 0.3) is 0 Å². The van der Waals surface area contributed by atoms with E-state index >= 15 is 0 Å². The van der Waals surface area contributed by atoms with Crippen LogP contribution in [0.3, 0.4) is 0 Å². The summed E-state index contributed by atoms with van der Waals surface area (Å²) in [5, 5.41) is 1.37. The van der Waals surface area contributed by atoms with Gasteiger partial charge in [-0.1, -0.05) is 18.6 Å². The summed E-state index contributed by atoms with van der Waals surface area (Å²) in [6.45, 7) is 2.41. The van der Waals surface area contributed by atoms with Crippen molar-refractivity contribution in [2.75, 3.05) is 18.2 Å². The molecule has 0 radical (unpaired) electrons. The molecule has 2 aromatic rings. The number of hydrogen-bond donors (Lipinski definition) is 1. The minimum atomic E-state index is -2.35. The van der Waals surface area contributed by atoms with Crippen LogP contribution in [0.5, 0.6) is 5.75 Å². The molecular formula is C17H13F5N2O4. The zero-order chi connectivity index (χ0) is 20.4. The van der Waals surface area contributed by atoms with Crippen molar-refractivity contribution < 1.29 is 41.3 Å². The Balaban J connectivity index is 1.94. The summed E-state index contributed by atoms with van der Waals surface area (Å²) in [6, 6.07) is 4.15. The largest absolute Gasteiger partial charge is 0.416 e. The van der Waals surface area contributed by atoms with Crippen LogP contribution < -0.4 is 15.4 Å². The molecule has 150 valence electrons. The zero-order valence-electron chi connectivity index (χ0n) is 14.3. The second-order valence-electron chi connectivity index (χ2n) is 5.61. The van der Waals surface area contributed by atoms with Crippen LogP contribution in [-0.4, -0.2) is 19.1 Å². The first-order valence-corrected chi connectivity index (χ1v) is 8.03. The fourth-order valence-corrected chi connectivity index (χ4v) is 2.50. The van der Waals surface area contributed by atoms with Crippen molar-refractivity contribution in [3.8, 4) is 5.75 Å². The highest BCUT2D eigenvalue weighted by Crippen LogP contribution is 2.30. The van der Waals surface area contributed by atoms with E-state index in [1.807, 2.05) is 6.92 Å². The molecule has 1 aliphatic heterocycles. The number of hydrogen-bond acceptors (Lipinski definition) is 6. The van der Waals surface area contributed by atoms with Crippen LogP contribution in [0.15, 0.2) is 18.2 Å². The number of benzene rings is 2. The van der Waals surface area contributed by atoms with Crippen molar-refractivity contribution in [1.29, 1.82) is 0 Å². The molecule has 6 nitrogen and oxygen atoms in total. The Morgan fingerprint density at radius 1 is 1.11 bits per heavy atom. The van der Waals surface area contributed by atoms with Crippen LogP contribution in [0, 0.1) is 29.1 Å². The summed E-state index contributed by atoms with van der Waals surface area (Å²) in [5.74, 6) is -14.2. The Morgan fingerprint density at radius 3 is 2.32 bits per heavy atom. The lowest BCUT2D eigenvalue weighted by molar-refractivity contribution is -0.210. The van der Waals surface area contributed by atoms with Gasteiger partial charge >= 0.3 is 5.97 Å². The number of halogens is 5. The van der Waals surface area contributed by atoms with Gasteiger partial charge in [0.05, 0.1) is 24.4 Å². The lowest BCUT2D eigenvalue weighted by Gasteiger charge is -2.28. The van der Waals surface area contributed by atoms with E-state index in [9.17, 15) is 26.7 Å². The Morgan fingerprint density at radius 2 is 1.75 bits per heavy atom. The monoisotopic (exact) mass is 404 g/mol. The maximum Gasteiger partial charge on any atom is 0.343 e. The predicted octanol–water partition coefficient (Wildman–Crippen LogP) is 3.35. The van der Waals surface area contributed by atoms with Crippen LogP contribution in [0.2, 0.25) is 0 Å². The molecule has 2 aromatic carbocycles. The molecule has 0 amide bonds. The van der Waals surface area contributed by atoms with Crippen LogP contribution >= 0.6 is 0 Å². The van der Waals surface area contributed by atoms with Gasteiger partial charge in [-0.25, -0.2) is 23.0 Å². The molecule has 0 saturated carbocycles. The molecule has 3 rings (SSSR count). The number of carbonyl (C=O) groups excluding carboxylic acids is 1. The first-order chi connectivity index (χ1) is 13.3. The van der Waals surface area contributed by atoms with Crippen molar-refractivity contribution in [2.24, 2.45) is 0 Å². The number of hydroxylamine groups is 1. The first-order valence-electron chi connectivity index (χ1n) is 8.03. The summed E-state index contributed by atoms with van der Waals surface area (Å²) >= 11 is 0. The van der Waals surface area contributed by atoms with Gasteiger partial charge in [-0.2, -0.15) is 13.7 Å². The van der Waals surface area contributed by atoms with Crippen molar-refractivity contribution >= 4 is 11.7 Å². The van der Waals surface area contributed by atoms with Crippen LogP contribution in [0.4, 0.5) is 27.6 Å². The highest BCUT2D eigenvalue weighted by molar-refractivity contribution is 5.92. The summed E-state index contributed by atoms with van der Waals surface area (Å²) in [6.07, 6.45) is 0.559. The van der Waals surface area contributed by atoms with Crippen LogP contribution in [0.1, 0.15) is 22.8 Å². The van der Waals surface area contributed by atoms with Gasteiger partial charge in [-0.05, 0) is 24.1 Å². The number of ether oxygens (including phenoxy) is 1. The normalized spacial score (nSPS) is 14.3. The third kappa shape index (κ3) is 3.63. The molecule has 28 heavy (non-hydrogen) atoms. The van der Waals surface area contributed by atoms with Crippen molar-refractivity contribution in [2.45, 2.75) is 13.3 Å². The standard InChI is InChI=1S/C17H13F5N2O4/c1-2-8-3-4-9(7-10(8)24-5-6-26-23-28-24)17(25)27-16-14(21)12(19)11(18)13(20)15(16)22/h3-4,7,23H,2,5-6H2,1H3.